The third-order valence-corrected chi connectivity index (χ3v) is 7.93. The van der Waals surface area contributed by atoms with Crippen LogP contribution >= 0.6 is 39.1 Å². The standard InChI is InChI=1S/C26H14BrCl2NO5/c27-13-7-5-12(6-8-13)21-19-20(25(34)30(24(19)33)18-10-9-14(28)11-17(18)29)26(35-21)22(31)15-3-1-2-4-16(15)23(26)32/h1-11,19-21H/t19-,20+,21+/m1/s1. The van der Waals surface area contributed by atoms with Crippen LogP contribution in [0.2, 0.25) is 10.0 Å². The number of anilines is 1. The summed E-state index contributed by atoms with van der Waals surface area (Å²) >= 11 is 15.7. The minimum Gasteiger partial charge on any atom is -0.349 e. The van der Waals surface area contributed by atoms with Crippen molar-refractivity contribution < 1.29 is 23.9 Å². The number of fused-ring (bicyclic) bond motifs is 3. The van der Waals surface area contributed by atoms with Crippen molar-refractivity contribution in [1.82, 2.24) is 0 Å². The molecule has 1 aliphatic carbocycles. The lowest BCUT2D eigenvalue weighted by Gasteiger charge is -2.27. The van der Waals surface area contributed by atoms with Gasteiger partial charge in [-0.3, -0.25) is 19.2 Å². The fourth-order valence-corrected chi connectivity index (χ4v) is 6.13. The Morgan fingerprint density at radius 1 is 0.829 bits per heavy atom. The van der Waals surface area contributed by atoms with Gasteiger partial charge in [-0.15, -0.1) is 0 Å². The molecule has 2 amide bonds. The molecule has 0 N–H and O–H groups in total. The van der Waals surface area contributed by atoms with E-state index in [1.54, 1.807) is 36.4 Å². The molecule has 2 heterocycles. The molecule has 0 aromatic heterocycles. The van der Waals surface area contributed by atoms with E-state index in [1.807, 2.05) is 0 Å². The molecule has 2 fully saturated rings. The first-order valence-electron chi connectivity index (χ1n) is 10.7. The number of rotatable bonds is 2. The van der Waals surface area contributed by atoms with Gasteiger partial charge in [0.2, 0.25) is 29.0 Å². The Bertz CT molecular complexity index is 1440. The molecule has 2 saturated heterocycles. The summed E-state index contributed by atoms with van der Waals surface area (Å²) in [5.74, 6) is -4.97. The predicted molar refractivity (Wildman–Crippen MR) is 132 cm³/mol. The van der Waals surface area contributed by atoms with E-state index in [4.69, 9.17) is 27.9 Å². The van der Waals surface area contributed by atoms with E-state index >= 15 is 0 Å². The van der Waals surface area contributed by atoms with Crippen molar-refractivity contribution in [1.29, 1.82) is 0 Å². The van der Waals surface area contributed by atoms with Crippen molar-refractivity contribution in [3.8, 4) is 0 Å². The van der Waals surface area contributed by atoms with Crippen LogP contribution in [0.1, 0.15) is 32.4 Å². The minimum atomic E-state index is -2.13. The fraction of sp³-hybridized carbons (Fsp3) is 0.154. The molecule has 3 aromatic rings. The van der Waals surface area contributed by atoms with Crippen molar-refractivity contribution in [2.45, 2.75) is 11.7 Å². The predicted octanol–water partition coefficient (Wildman–Crippen LogP) is 5.45. The van der Waals surface area contributed by atoms with E-state index in [0.717, 1.165) is 9.37 Å². The van der Waals surface area contributed by atoms with E-state index in [0.29, 0.717) is 10.6 Å². The second-order valence-electron chi connectivity index (χ2n) is 8.64. The van der Waals surface area contributed by atoms with Crippen LogP contribution in [-0.2, 0) is 14.3 Å². The zero-order valence-corrected chi connectivity index (χ0v) is 20.8. The molecule has 3 aliphatic rings. The zero-order chi connectivity index (χ0) is 24.6. The summed E-state index contributed by atoms with van der Waals surface area (Å²) < 4.78 is 7.05. The molecule has 35 heavy (non-hydrogen) atoms. The first-order valence-corrected chi connectivity index (χ1v) is 12.3. The van der Waals surface area contributed by atoms with Crippen LogP contribution in [0.15, 0.2) is 71.2 Å². The highest BCUT2D eigenvalue weighted by atomic mass is 79.9. The molecule has 9 heteroatoms. The van der Waals surface area contributed by atoms with Crippen molar-refractivity contribution in [3.63, 3.8) is 0 Å². The van der Waals surface area contributed by atoms with Crippen molar-refractivity contribution in [2.24, 2.45) is 11.8 Å². The SMILES string of the molecule is O=C1[C@@H]2[C@@H](C(=O)N1c1ccc(Cl)cc1Cl)C1(O[C@H]2c2ccc(Br)cc2)C(=O)c2ccccc2C1=O. The molecular formula is C26H14BrCl2NO5. The van der Waals surface area contributed by atoms with E-state index in [-0.39, 0.29) is 21.8 Å². The van der Waals surface area contributed by atoms with Gasteiger partial charge in [0, 0.05) is 20.6 Å². The molecule has 0 saturated carbocycles. The molecule has 0 radical (unpaired) electrons. The average Bonchev–Trinajstić information content (AvgIpc) is 3.40. The highest BCUT2D eigenvalue weighted by Crippen LogP contribution is 2.58. The zero-order valence-electron chi connectivity index (χ0n) is 17.7. The number of benzene rings is 3. The monoisotopic (exact) mass is 569 g/mol. The van der Waals surface area contributed by atoms with Crippen LogP contribution in [0.3, 0.4) is 0 Å². The maximum Gasteiger partial charge on any atom is 0.241 e. The molecule has 3 atom stereocenters. The molecule has 2 aliphatic heterocycles. The normalized spacial score (nSPS) is 24.4. The van der Waals surface area contributed by atoms with Crippen molar-refractivity contribution >= 4 is 68.2 Å². The highest BCUT2D eigenvalue weighted by Gasteiger charge is 2.74. The van der Waals surface area contributed by atoms with E-state index < -0.39 is 46.9 Å². The summed E-state index contributed by atoms with van der Waals surface area (Å²) in [5.41, 5.74) is -1.07. The van der Waals surface area contributed by atoms with E-state index in [2.05, 4.69) is 15.9 Å². The summed E-state index contributed by atoms with van der Waals surface area (Å²) in [6, 6.07) is 17.8. The Labute approximate surface area is 217 Å². The van der Waals surface area contributed by atoms with Gasteiger partial charge >= 0.3 is 0 Å². The Balaban J connectivity index is 1.55. The lowest BCUT2D eigenvalue weighted by atomic mass is 9.77. The number of carbonyl (C=O) groups excluding carboxylic acids is 4. The minimum absolute atomic E-state index is 0.0988. The molecule has 174 valence electrons. The Morgan fingerprint density at radius 2 is 1.46 bits per heavy atom. The first kappa shape index (κ1) is 22.6. The number of hydrogen-bond acceptors (Lipinski definition) is 5. The van der Waals surface area contributed by atoms with Crippen LogP contribution < -0.4 is 4.90 Å². The van der Waals surface area contributed by atoms with Crippen LogP contribution in [0, 0.1) is 11.8 Å². The molecular weight excluding hydrogens is 557 g/mol. The molecule has 0 bridgehead atoms. The van der Waals surface area contributed by atoms with Gasteiger partial charge in [0.25, 0.3) is 0 Å². The Kier molecular flexibility index (Phi) is 5.06. The van der Waals surface area contributed by atoms with Gasteiger partial charge in [-0.2, -0.15) is 0 Å². The van der Waals surface area contributed by atoms with Crippen molar-refractivity contribution in [2.75, 3.05) is 4.90 Å². The number of amides is 2. The highest BCUT2D eigenvalue weighted by molar-refractivity contribution is 9.10. The second-order valence-corrected chi connectivity index (χ2v) is 10.4. The van der Waals surface area contributed by atoms with Crippen LogP contribution in [-0.4, -0.2) is 29.0 Å². The third-order valence-electron chi connectivity index (χ3n) is 6.87. The average molecular weight is 571 g/mol. The maximum atomic E-state index is 13.9. The van der Waals surface area contributed by atoms with E-state index in [9.17, 15) is 19.2 Å². The number of halogens is 3. The smallest absolute Gasteiger partial charge is 0.241 e. The Hall–Kier alpha value is -2.84. The Morgan fingerprint density at radius 3 is 2.06 bits per heavy atom. The molecule has 1 spiro atoms. The summed E-state index contributed by atoms with van der Waals surface area (Å²) in [6.45, 7) is 0. The van der Waals surface area contributed by atoms with Crippen LogP contribution in [0.5, 0.6) is 0 Å². The largest absolute Gasteiger partial charge is 0.349 e. The number of carbonyl (C=O) groups is 4. The van der Waals surface area contributed by atoms with Gasteiger partial charge < -0.3 is 4.74 Å². The number of Topliss-reactive ketones (excluding diaryl/α,β-unsaturated/α-hetero) is 2. The summed E-state index contributed by atoms with van der Waals surface area (Å²) in [6.07, 6.45) is -0.997. The van der Waals surface area contributed by atoms with Gasteiger partial charge in [-0.25, -0.2) is 4.90 Å². The number of hydrogen-bond donors (Lipinski definition) is 0. The number of ketones is 2. The quantitative estimate of drug-likeness (QED) is 0.302. The second kappa shape index (κ2) is 7.83. The molecule has 0 unspecified atom stereocenters. The van der Waals surface area contributed by atoms with Gasteiger partial charge in [-0.05, 0) is 35.9 Å². The number of imide groups is 1. The lowest BCUT2D eigenvalue weighted by Crippen LogP contribution is -2.51. The summed E-state index contributed by atoms with van der Waals surface area (Å²) in [7, 11) is 0. The summed E-state index contributed by atoms with van der Waals surface area (Å²) in [4.78, 5) is 56.1. The van der Waals surface area contributed by atoms with E-state index in [1.165, 1.54) is 30.3 Å². The number of ether oxygens (including phenoxy) is 1. The fourth-order valence-electron chi connectivity index (χ4n) is 5.37. The van der Waals surface area contributed by atoms with Gasteiger partial charge in [0.1, 0.15) is 0 Å². The topological polar surface area (TPSA) is 80.8 Å². The third kappa shape index (κ3) is 2.99. The van der Waals surface area contributed by atoms with Crippen LogP contribution in [0.4, 0.5) is 5.69 Å². The first-order chi connectivity index (χ1) is 16.8. The van der Waals surface area contributed by atoms with Gasteiger partial charge in [0.05, 0.1) is 28.6 Å². The van der Waals surface area contributed by atoms with Gasteiger partial charge in [-0.1, -0.05) is 75.5 Å². The molecule has 3 aromatic carbocycles. The van der Waals surface area contributed by atoms with Crippen molar-refractivity contribution in [3.05, 3.63) is 97.9 Å². The number of nitrogens with zero attached hydrogens (tertiary/aromatic N) is 1. The molecule has 6 rings (SSSR count). The maximum absolute atomic E-state index is 13.9. The lowest BCUT2D eigenvalue weighted by molar-refractivity contribution is -0.127. The van der Waals surface area contributed by atoms with Crippen LogP contribution in [0.25, 0.3) is 0 Å². The summed E-state index contributed by atoms with van der Waals surface area (Å²) in [5, 5.41) is 0.434. The van der Waals surface area contributed by atoms with Gasteiger partial charge in [0.15, 0.2) is 0 Å². The molecule has 6 nitrogen and oxygen atoms in total.